The van der Waals surface area contributed by atoms with Crippen molar-refractivity contribution in [2.24, 2.45) is 11.8 Å². The molecule has 4 atom stereocenters. The van der Waals surface area contributed by atoms with Gasteiger partial charge in [-0.25, -0.2) is 9.18 Å². The lowest BCUT2D eigenvalue weighted by atomic mass is 9.68. The second kappa shape index (κ2) is 5.13. The number of carbonyl (C=O) groups excluding carboxylic acids is 1. The third kappa shape index (κ3) is 2.37. The number of hydrogen-bond acceptors (Lipinski definition) is 3. The molecule has 0 aromatic heterocycles. The van der Waals surface area contributed by atoms with Gasteiger partial charge in [0, 0.05) is 0 Å². The second-order valence-corrected chi connectivity index (χ2v) is 4.76. The fourth-order valence-corrected chi connectivity index (χ4v) is 2.45. The van der Waals surface area contributed by atoms with E-state index < -0.39 is 17.7 Å². The Morgan fingerprint density at radius 1 is 1.62 bits per heavy atom. The molecule has 1 saturated carbocycles. The lowest BCUT2D eigenvalue weighted by Gasteiger charge is -2.42. The summed E-state index contributed by atoms with van der Waals surface area (Å²) in [6.45, 7) is 5.54. The second-order valence-electron chi connectivity index (χ2n) is 4.76. The minimum Gasteiger partial charge on any atom is -0.464 e. The molecular formula is C12H21FO3. The van der Waals surface area contributed by atoms with Crippen molar-refractivity contribution < 1.29 is 19.0 Å². The fourth-order valence-electron chi connectivity index (χ4n) is 2.45. The highest BCUT2D eigenvalue weighted by atomic mass is 19.1. The molecule has 0 spiro atoms. The zero-order valence-corrected chi connectivity index (χ0v) is 10.2. The number of halogens is 1. The Morgan fingerprint density at radius 3 is 2.81 bits per heavy atom. The first-order valence-corrected chi connectivity index (χ1v) is 5.96. The minimum atomic E-state index is -1.93. The Balaban J connectivity index is 2.78. The Morgan fingerprint density at radius 2 is 2.25 bits per heavy atom. The Bertz CT molecular complexity index is 257. The van der Waals surface area contributed by atoms with Gasteiger partial charge in [-0.15, -0.1) is 0 Å². The van der Waals surface area contributed by atoms with E-state index in [1.807, 2.05) is 6.92 Å². The number of carbonyl (C=O) groups is 1. The molecule has 1 rings (SSSR count). The Labute approximate surface area is 96.0 Å². The molecule has 1 aliphatic carbocycles. The van der Waals surface area contributed by atoms with E-state index in [-0.39, 0.29) is 18.4 Å². The number of alkyl halides is 1. The number of aliphatic hydroxyl groups is 1. The number of hydrogen-bond donors (Lipinski definition) is 1. The number of ether oxygens (including phenoxy) is 1. The standard InChI is InChI=1S/C12H21FO3/c1-4-16-11(14)10(13)12(15)7-5-6-8(2)9(12)3/h8-10,15H,4-7H2,1-3H3. The molecule has 1 aliphatic rings. The van der Waals surface area contributed by atoms with Gasteiger partial charge >= 0.3 is 5.97 Å². The first-order chi connectivity index (χ1) is 7.43. The zero-order valence-electron chi connectivity index (χ0n) is 10.2. The largest absolute Gasteiger partial charge is 0.464 e. The molecule has 94 valence electrons. The van der Waals surface area contributed by atoms with Crippen LogP contribution in [0.1, 0.15) is 40.0 Å². The third-order valence-electron chi connectivity index (χ3n) is 3.81. The van der Waals surface area contributed by atoms with Crippen molar-refractivity contribution in [3.05, 3.63) is 0 Å². The van der Waals surface area contributed by atoms with Gasteiger partial charge in [0.25, 0.3) is 0 Å². The summed E-state index contributed by atoms with van der Waals surface area (Å²) in [5, 5.41) is 10.3. The average molecular weight is 232 g/mol. The maximum absolute atomic E-state index is 14.0. The van der Waals surface area contributed by atoms with Crippen molar-refractivity contribution in [3.63, 3.8) is 0 Å². The van der Waals surface area contributed by atoms with Crippen LogP contribution in [0.25, 0.3) is 0 Å². The first-order valence-electron chi connectivity index (χ1n) is 5.96. The summed E-state index contributed by atoms with van der Waals surface area (Å²) in [5.74, 6) is -0.932. The van der Waals surface area contributed by atoms with Gasteiger partial charge in [-0.05, 0) is 25.2 Å². The predicted octanol–water partition coefficient (Wildman–Crippen LogP) is 2.07. The summed E-state index contributed by atoms with van der Waals surface area (Å²) in [4.78, 5) is 11.3. The summed E-state index contributed by atoms with van der Waals surface area (Å²) in [5.41, 5.74) is -1.55. The van der Waals surface area contributed by atoms with Crippen LogP contribution >= 0.6 is 0 Å². The summed E-state index contributed by atoms with van der Waals surface area (Å²) in [6, 6.07) is 0. The molecule has 3 nitrogen and oxygen atoms in total. The van der Waals surface area contributed by atoms with Crippen molar-refractivity contribution >= 4 is 5.97 Å². The van der Waals surface area contributed by atoms with Gasteiger partial charge in [0.15, 0.2) is 0 Å². The van der Waals surface area contributed by atoms with Gasteiger partial charge < -0.3 is 9.84 Å². The summed E-state index contributed by atoms with van der Waals surface area (Å²) in [6.07, 6.45) is 0.129. The Hall–Kier alpha value is -0.640. The molecule has 1 fully saturated rings. The monoisotopic (exact) mass is 232 g/mol. The molecule has 0 heterocycles. The van der Waals surface area contributed by atoms with Crippen LogP contribution in [0, 0.1) is 11.8 Å². The topological polar surface area (TPSA) is 46.5 Å². The van der Waals surface area contributed by atoms with E-state index in [2.05, 4.69) is 4.74 Å². The van der Waals surface area contributed by atoms with Crippen LogP contribution in [-0.4, -0.2) is 29.5 Å². The van der Waals surface area contributed by atoms with Crippen molar-refractivity contribution in [2.45, 2.75) is 51.8 Å². The maximum Gasteiger partial charge on any atom is 0.343 e. The van der Waals surface area contributed by atoms with E-state index in [1.165, 1.54) is 0 Å². The van der Waals surface area contributed by atoms with Crippen LogP contribution in [0.2, 0.25) is 0 Å². The van der Waals surface area contributed by atoms with Gasteiger partial charge in [0.1, 0.15) is 5.60 Å². The van der Waals surface area contributed by atoms with E-state index in [4.69, 9.17) is 0 Å². The van der Waals surface area contributed by atoms with Crippen LogP contribution in [-0.2, 0) is 9.53 Å². The SMILES string of the molecule is CCOC(=O)C(F)C1(O)CCCC(C)C1C. The van der Waals surface area contributed by atoms with Crippen molar-refractivity contribution in [1.29, 1.82) is 0 Å². The van der Waals surface area contributed by atoms with Crippen molar-refractivity contribution in [2.75, 3.05) is 6.61 Å². The molecular weight excluding hydrogens is 211 g/mol. The van der Waals surface area contributed by atoms with Crippen LogP contribution in [0.15, 0.2) is 0 Å². The maximum atomic E-state index is 14.0. The zero-order chi connectivity index (χ0) is 12.3. The summed E-state index contributed by atoms with van der Waals surface area (Å²) in [7, 11) is 0. The molecule has 0 aromatic carbocycles. The van der Waals surface area contributed by atoms with E-state index >= 15 is 0 Å². The molecule has 0 aliphatic heterocycles. The highest BCUT2D eigenvalue weighted by Gasteiger charge is 2.50. The van der Waals surface area contributed by atoms with Gasteiger partial charge in [0.05, 0.1) is 6.61 Å². The summed E-state index contributed by atoms with van der Waals surface area (Å²) >= 11 is 0. The van der Waals surface area contributed by atoms with Gasteiger partial charge in [0.2, 0.25) is 6.17 Å². The molecule has 0 aromatic rings. The van der Waals surface area contributed by atoms with Crippen LogP contribution < -0.4 is 0 Å². The number of esters is 1. The molecule has 0 bridgehead atoms. The quantitative estimate of drug-likeness (QED) is 0.758. The van der Waals surface area contributed by atoms with E-state index in [0.717, 1.165) is 12.8 Å². The third-order valence-corrected chi connectivity index (χ3v) is 3.81. The molecule has 0 amide bonds. The highest BCUT2D eigenvalue weighted by Crippen LogP contribution is 2.41. The highest BCUT2D eigenvalue weighted by molar-refractivity contribution is 5.76. The molecule has 4 heteroatoms. The molecule has 0 radical (unpaired) electrons. The lowest BCUT2D eigenvalue weighted by Crippen LogP contribution is -2.53. The lowest BCUT2D eigenvalue weighted by molar-refractivity contribution is -0.172. The Kier molecular flexibility index (Phi) is 4.30. The fraction of sp³-hybridized carbons (Fsp3) is 0.917. The predicted molar refractivity (Wildman–Crippen MR) is 58.7 cm³/mol. The molecule has 1 N–H and O–H groups in total. The normalized spacial score (nSPS) is 36.8. The minimum absolute atomic E-state index is 0.138. The summed E-state index contributed by atoms with van der Waals surface area (Å²) < 4.78 is 18.6. The van der Waals surface area contributed by atoms with Gasteiger partial charge in [-0.1, -0.05) is 26.7 Å². The number of rotatable bonds is 3. The van der Waals surface area contributed by atoms with E-state index in [1.54, 1.807) is 13.8 Å². The average Bonchev–Trinajstić information content (AvgIpc) is 2.25. The smallest absolute Gasteiger partial charge is 0.343 e. The van der Waals surface area contributed by atoms with Crippen LogP contribution in [0.4, 0.5) is 4.39 Å². The molecule has 0 saturated heterocycles. The van der Waals surface area contributed by atoms with E-state index in [0.29, 0.717) is 6.42 Å². The molecule has 16 heavy (non-hydrogen) atoms. The van der Waals surface area contributed by atoms with E-state index in [9.17, 15) is 14.3 Å². The van der Waals surface area contributed by atoms with Gasteiger partial charge in [-0.2, -0.15) is 0 Å². The van der Waals surface area contributed by atoms with Crippen LogP contribution in [0.3, 0.4) is 0 Å². The van der Waals surface area contributed by atoms with Crippen LogP contribution in [0.5, 0.6) is 0 Å². The van der Waals surface area contributed by atoms with Gasteiger partial charge in [-0.3, -0.25) is 0 Å². The first kappa shape index (κ1) is 13.4. The van der Waals surface area contributed by atoms with Crippen molar-refractivity contribution in [3.8, 4) is 0 Å². The van der Waals surface area contributed by atoms with Crippen molar-refractivity contribution in [1.82, 2.24) is 0 Å². The molecule has 4 unspecified atom stereocenters.